The van der Waals surface area contributed by atoms with Gasteiger partial charge in [-0.1, -0.05) is 78.9 Å². The van der Waals surface area contributed by atoms with E-state index in [0.29, 0.717) is 0 Å². The Bertz CT molecular complexity index is 1800. The van der Waals surface area contributed by atoms with Crippen molar-refractivity contribution < 1.29 is 0 Å². The van der Waals surface area contributed by atoms with Gasteiger partial charge in [-0.05, 0) is 111 Å². The zero-order chi connectivity index (χ0) is 24.3. The minimum atomic E-state index is 0.947. The highest BCUT2D eigenvalue weighted by molar-refractivity contribution is 6.11. The van der Waals surface area contributed by atoms with Gasteiger partial charge in [0.25, 0.3) is 0 Å². The van der Waals surface area contributed by atoms with E-state index in [1.807, 2.05) is 6.20 Å². The lowest BCUT2D eigenvalue weighted by Gasteiger charge is -2.30. The molecule has 0 spiro atoms. The summed E-state index contributed by atoms with van der Waals surface area (Å²) >= 11 is 0. The summed E-state index contributed by atoms with van der Waals surface area (Å²) in [5.41, 5.74) is 14.2. The van der Waals surface area contributed by atoms with Crippen LogP contribution in [-0.4, -0.2) is 4.98 Å². The molecule has 0 saturated heterocycles. The molecule has 0 aliphatic heterocycles. The first-order valence-corrected chi connectivity index (χ1v) is 13.4. The van der Waals surface area contributed by atoms with Gasteiger partial charge in [-0.25, -0.2) is 0 Å². The number of aromatic nitrogens is 1. The summed E-state index contributed by atoms with van der Waals surface area (Å²) in [5.74, 6) is 0. The minimum absolute atomic E-state index is 0.947. The van der Waals surface area contributed by atoms with Gasteiger partial charge in [-0.3, -0.25) is 4.98 Å². The molecule has 0 unspecified atom stereocenters. The van der Waals surface area contributed by atoms with Crippen molar-refractivity contribution >= 4 is 21.5 Å². The van der Waals surface area contributed by atoms with E-state index in [-0.39, 0.29) is 0 Å². The molecule has 5 aromatic carbocycles. The normalized spacial score (nSPS) is 13.6. The lowest BCUT2D eigenvalue weighted by Crippen LogP contribution is -2.14. The van der Waals surface area contributed by atoms with Crippen molar-refractivity contribution in [3.05, 3.63) is 137 Å². The van der Waals surface area contributed by atoms with Crippen LogP contribution in [-0.2, 0) is 32.1 Å². The third kappa shape index (κ3) is 3.34. The van der Waals surface area contributed by atoms with Crippen molar-refractivity contribution in [2.24, 2.45) is 0 Å². The molecule has 0 bridgehead atoms. The molecule has 2 aliphatic carbocycles. The van der Waals surface area contributed by atoms with Crippen molar-refractivity contribution in [2.45, 2.75) is 32.1 Å². The third-order valence-corrected chi connectivity index (χ3v) is 8.47. The molecule has 1 heterocycles. The van der Waals surface area contributed by atoms with Gasteiger partial charge in [-0.2, -0.15) is 0 Å². The van der Waals surface area contributed by atoms with Gasteiger partial charge in [-0.15, -0.1) is 0 Å². The number of hydrogen-bond acceptors (Lipinski definition) is 1. The van der Waals surface area contributed by atoms with Crippen LogP contribution in [0.1, 0.15) is 33.4 Å². The largest absolute Gasteiger partial charge is 0.256 e. The van der Waals surface area contributed by atoms with E-state index in [1.54, 1.807) is 0 Å². The number of nitrogens with zero attached hydrogens (tertiary/aromatic N) is 1. The van der Waals surface area contributed by atoms with E-state index in [0.717, 1.165) is 37.8 Å². The van der Waals surface area contributed by atoms with E-state index in [9.17, 15) is 0 Å². The van der Waals surface area contributed by atoms with Crippen LogP contribution in [0.25, 0.3) is 43.9 Å². The molecule has 0 amide bonds. The summed E-state index contributed by atoms with van der Waals surface area (Å²) in [6.07, 6.45) is 7.45. The maximum Gasteiger partial charge on any atom is 0.0780 e. The second kappa shape index (κ2) is 8.15. The van der Waals surface area contributed by atoms with Gasteiger partial charge in [0, 0.05) is 17.1 Å². The number of benzene rings is 5. The van der Waals surface area contributed by atoms with Gasteiger partial charge in [0.2, 0.25) is 0 Å². The molecule has 6 aromatic rings. The first kappa shape index (κ1) is 20.9. The van der Waals surface area contributed by atoms with Crippen LogP contribution < -0.4 is 0 Å². The lowest BCUT2D eigenvalue weighted by molar-refractivity contribution is 0.877. The van der Waals surface area contributed by atoms with Crippen LogP contribution >= 0.6 is 0 Å². The number of pyridine rings is 1. The molecule has 0 radical (unpaired) electrons. The fourth-order valence-electron chi connectivity index (χ4n) is 6.75. The third-order valence-electron chi connectivity index (χ3n) is 8.47. The molecule has 37 heavy (non-hydrogen) atoms. The summed E-state index contributed by atoms with van der Waals surface area (Å²) in [7, 11) is 0. The monoisotopic (exact) mass is 473 g/mol. The average Bonchev–Trinajstić information content (AvgIpc) is 2.96. The zero-order valence-corrected chi connectivity index (χ0v) is 20.8. The molecule has 176 valence electrons. The van der Waals surface area contributed by atoms with E-state index in [4.69, 9.17) is 4.98 Å². The second-order valence-corrected chi connectivity index (χ2v) is 10.7. The highest BCUT2D eigenvalue weighted by Gasteiger charge is 2.26. The predicted molar refractivity (Wildman–Crippen MR) is 154 cm³/mol. The Hall–Kier alpha value is -4.23. The Balaban J connectivity index is 1.28. The molecule has 1 aromatic heterocycles. The van der Waals surface area contributed by atoms with Crippen LogP contribution in [0.5, 0.6) is 0 Å². The van der Waals surface area contributed by atoms with Crippen molar-refractivity contribution in [1.29, 1.82) is 0 Å². The minimum Gasteiger partial charge on any atom is -0.256 e. The zero-order valence-electron chi connectivity index (χ0n) is 20.8. The molecule has 8 rings (SSSR count). The highest BCUT2D eigenvalue weighted by atomic mass is 14.7. The number of fused-ring (bicyclic) bond motifs is 3. The van der Waals surface area contributed by atoms with Gasteiger partial charge in [0.15, 0.2) is 0 Å². The first-order chi connectivity index (χ1) is 18.3. The van der Waals surface area contributed by atoms with Gasteiger partial charge >= 0.3 is 0 Å². The fraction of sp³-hybridized carbons (Fsp3) is 0.139. The molecule has 1 nitrogen and oxygen atoms in total. The summed E-state index contributed by atoms with van der Waals surface area (Å²) in [5, 5.41) is 5.13. The SMILES string of the molecule is c1ccc(Cc2ccc3ccc4c(-c5cc6c7c(c5)CCc5cccc(c5-7)CC6)nccc4c3c2)cc1. The van der Waals surface area contributed by atoms with Crippen molar-refractivity contribution in [2.75, 3.05) is 0 Å². The Morgan fingerprint density at radius 2 is 1.22 bits per heavy atom. The summed E-state index contributed by atoms with van der Waals surface area (Å²) in [4.78, 5) is 4.96. The second-order valence-electron chi connectivity index (χ2n) is 10.7. The highest BCUT2D eigenvalue weighted by Crippen LogP contribution is 2.44. The summed E-state index contributed by atoms with van der Waals surface area (Å²) < 4.78 is 0. The molecular weight excluding hydrogens is 446 g/mol. The molecule has 0 atom stereocenters. The van der Waals surface area contributed by atoms with Gasteiger partial charge in [0.1, 0.15) is 0 Å². The Labute approximate surface area is 217 Å². The molecule has 0 saturated carbocycles. The van der Waals surface area contributed by atoms with Crippen LogP contribution in [0.15, 0.2) is 103 Å². The average molecular weight is 474 g/mol. The van der Waals surface area contributed by atoms with Crippen LogP contribution in [0.2, 0.25) is 0 Å². The number of aryl methyl sites for hydroxylation is 4. The summed E-state index contributed by atoms with van der Waals surface area (Å²) in [6, 6.07) is 36.1. The molecule has 0 fully saturated rings. The topological polar surface area (TPSA) is 12.9 Å². The quantitative estimate of drug-likeness (QED) is 0.235. The first-order valence-electron chi connectivity index (χ1n) is 13.4. The smallest absolute Gasteiger partial charge is 0.0780 e. The Morgan fingerprint density at radius 1 is 0.514 bits per heavy atom. The van der Waals surface area contributed by atoms with Gasteiger partial charge < -0.3 is 0 Å². The molecule has 0 N–H and O–H groups in total. The lowest BCUT2D eigenvalue weighted by atomic mass is 9.74. The van der Waals surface area contributed by atoms with E-state index in [1.165, 1.54) is 71.6 Å². The molecule has 2 aliphatic rings. The maximum atomic E-state index is 4.96. The number of hydrogen-bond donors (Lipinski definition) is 0. The standard InChI is InChI=1S/C36H27N/c1-2-5-23(6-3-1)19-24-9-10-25-15-16-32-31(33(25)20-24)17-18-37-36(32)30-21-28-13-11-26-7-4-8-27-12-14-29(22-30)35(28)34(26)27/h1-10,15-18,20-22H,11-14,19H2. The Morgan fingerprint density at radius 3 is 2.00 bits per heavy atom. The molecular formula is C36H27N. The fourth-order valence-corrected chi connectivity index (χ4v) is 6.75. The van der Waals surface area contributed by atoms with E-state index in [2.05, 4.69) is 97.1 Å². The maximum absolute atomic E-state index is 4.96. The van der Waals surface area contributed by atoms with Gasteiger partial charge in [0.05, 0.1) is 5.69 Å². The van der Waals surface area contributed by atoms with Crippen molar-refractivity contribution in [1.82, 2.24) is 4.98 Å². The number of rotatable bonds is 3. The van der Waals surface area contributed by atoms with Crippen molar-refractivity contribution in [3.63, 3.8) is 0 Å². The van der Waals surface area contributed by atoms with Crippen LogP contribution in [0.3, 0.4) is 0 Å². The van der Waals surface area contributed by atoms with Crippen LogP contribution in [0.4, 0.5) is 0 Å². The van der Waals surface area contributed by atoms with E-state index < -0.39 is 0 Å². The van der Waals surface area contributed by atoms with Crippen LogP contribution in [0, 0.1) is 0 Å². The summed E-state index contributed by atoms with van der Waals surface area (Å²) in [6.45, 7) is 0. The van der Waals surface area contributed by atoms with Crippen molar-refractivity contribution in [3.8, 4) is 22.4 Å². The molecule has 1 heteroatoms. The van der Waals surface area contributed by atoms with E-state index >= 15 is 0 Å². The Kier molecular flexibility index (Phi) is 4.60. The predicted octanol–water partition coefficient (Wildman–Crippen LogP) is 8.51.